The number of aliphatic hydroxyl groups excluding tert-OH is 1. The van der Waals surface area contributed by atoms with Crippen molar-refractivity contribution in [3.63, 3.8) is 0 Å². The van der Waals surface area contributed by atoms with Gasteiger partial charge in [0.25, 0.3) is 0 Å². The second-order valence-electron chi connectivity index (χ2n) is 5.06. The van der Waals surface area contributed by atoms with Gasteiger partial charge in [0.2, 0.25) is 0 Å². The van der Waals surface area contributed by atoms with Crippen molar-refractivity contribution in [3.05, 3.63) is 29.3 Å². The van der Waals surface area contributed by atoms with Crippen LogP contribution in [0.2, 0.25) is 0 Å². The van der Waals surface area contributed by atoms with Crippen LogP contribution >= 0.6 is 0 Å². The van der Waals surface area contributed by atoms with Gasteiger partial charge in [-0.2, -0.15) is 0 Å². The third-order valence-corrected chi connectivity index (χ3v) is 3.69. The van der Waals surface area contributed by atoms with E-state index in [4.69, 9.17) is 5.73 Å². The molecule has 0 aliphatic heterocycles. The van der Waals surface area contributed by atoms with Crippen molar-refractivity contribution in [2.75, 3.05) is 6.61 Å². The van der Waals surface area contributed by atoms with Gasteiger partial charge in [0.05, 0.1) is 6.61 Å². The largest absolute Gasteiger partial charge is 0.508 e. The molecule has 0 saturated heterocycles. The predicted octanol–water partition coefficient (Wildman–Crippen LogP) is 1.21. The number of aliphatic hydroxyl groups is 1. The highest BCUT2D eigenvalue weighted by atomic mass is 16.3. The minimum atomic E-state index is -0.504. The molecule has 0 bridgehead atoms. The van der Waals surface area contributed by atoms with Gasteiger partial charge in [-0.3, -0.25) is 0 Å². The second kappa shape index (κ2) is 4.07. The van der Waals surface area contributed by atoms with E-state index in [1.165, 1.54) is 11.1 Å². The van der Waals surface area contributed by atoms with Gasteiger partial charge in [0.1, 0.15) is 5.75 Å². The number of phenols is 1. The highest BCUT2D eigenvalue weighted by Gasteiger charge is 2.32. The lowest BCUT2D eigenvalue weighted by atomic mass is 9.74. The van der Waals surface area contributed by atoms with E-state index in [-0.39, 0.29) is 6.61 Å². The topological polar surface area (TPSA) is 66.5 Å². The van der Waals surface area contributed by atoms with Crippen LogP contribution in [0.4, 0.5) is 0 Å². The smallest absolute Gasteiger partial charge is 0.115 e. The van der Waals surface area contributed by atoms with Crippen LogP contribution < -0.4 is 5.73 Å². The average Bonchev–Trinajstić information content (AvgIpc) is 2.28. The highest BCUT2D eigenvalue weighted by molar-refractivity contribution is 5.37. The van der Waals surface area contributed by atoms with Crippen LogP contribution in [0.5, 0.6) is 5.75 Å². The van der Waals surface area contributed by atoms with E-state index in [0.29, 0.717) is 11.7 Å². The van der Waals surface area contributed by atoms with E-state index in [1.54, 1.807) is 6.07 Å². The molecule has 1 aromatic rings. The Morgan fingerprint density at radius 2 is 2.19 bits per heavy atom. The molecule has 0 unspecified atom stereocenters. The average molecular weight is 221 g/mol. The van der Waals surface area contributed by atoms with Gasteiger partial charge in [-0.1, -0.05) is 6.07 Å². The Balaban J connectivity index is 2.21. The molecule has 0 spiro atoms. The molecule has 0 heterocycles. The zero-order chi connectivity index (χ0) is 11.8. The molecule has 3 heteroatoms. The van der Waals surface area contributed by atoms with E-state index >= 15 is 0 Å². The van der Waals surface area contributed by atoms with Crippen LogP contribution in [0.3, 0.4) is 0 Å². The summed E-state index contributed by atoms with van der Waals surface area (Å²) in [5.74, 6) is 0.643. The number of hydrogen-bond donors (Lipinski definition) is 3. The summed E-state index contributed by atoms with van der Waals surface area (Å²) in [4.78, 5) is 0. The zero-order valence-corrected chi connectivity index (χ0v) is 9.61. The lowest BCUT2D eigenvalue weighted by molar-refractivity contribution is 0.144. The Hall–Kier alpha value is -1.06. The molecule has 0 amide bonds. The first-order valence-electron chi connectivity index (χ1n) is 5.73. The number of benzene rings is 1. The van der Waals surface area contributed by atoms with Crippen molar-refractivity contribution in [2.45, 2.75) is 31.7 Å². The van der Waals surface area contributed by atoms with Gasteiger partial charge < -0.3 is 15.9 Å². The van der Waals surface area contributed by atoms with Crippen LogP contribution in [-0.2, 0) is 12.8 Å². The first-order chi connectivity index (χ1) is 7.53. The van der Waals surface area contributed by atoms with Crippen molar-refractivity contribution in [1.29, 1.82) is 0 Å². The van der Waals surface area contributed by atoms with Crippen molar-refractivity contribution >= 4 is 0 Å². The first kappa shape index (κ1) is 11.4. The van der Waals surface area contributed by atoms with E-state index in [9.17, 15) is 10.2 Å². The predicted molar refractivity (Wildman–Crippen MR) is 63.3 cm³/mol. The summed E-state index contributed by atoms with van der Waals surface area (Å²) >= 11 is 0. The fraction of sp³-hybridized carbons (Fsp3) is 0.538. The summed E-state index contributed by atoms with van der Waals surface area (Å²) in [7, 11) is 0. The van der Waals surface area contributed by atoms with Crippen LogP contribution in [0.25, 0.3) is 0 Å². The van der Waals surface area contributed by atoms with Crippen LogP contribution in [0.1, 0.15) is 24.5 Å². The SMILES string of the molecule is C[C@](N)(CO)[C@H]1CCc2cc(O)ccc2C1. The molecular formula is C13H19NO2. The number of hydrogen-bond acceptors (Lipinski definition) is 3. The summed E-state index contributed by atoms with van der Waals surface area (Å²) in [6.45, 7) is 1.92. The van der Waals surface area contributed by atoms with Crippen molar-refractivity contribution < 1.29 is 10.2 Å². The third kappa shape index (κ3) is 2.06. The minimum absolute atomic E-state index is 0.0189. The van der Waals surface area contributed by atoms with Crippen LogP contribution in [0, 0.1) is 5.92 Å². The van der Waals surface area contributed by atoms with E-state index in [1.807, 2.05) is 19.1 Å². The molecule has 1 aliphatic carbocycles. The molecule has 0 saturated carbocycles. The van der Waals surface area contributed by atoms with Gasteiger partial charge in [-0.15, -0.1) is 0 Å². The quantitative estimate of drug-likeness (QED) is 0.703. The van der Waals surface area contributed by atoms with Gasteiger partial charge in [0.15, 0.2) is 0 Å². The number of rotatable bonds is 2. The lowest BCUT2D eigenvalue weighted by Gasteiger charge is -2.36. The van der Waals surface area contributed by atoms with Crippen molar-refractivity contribution in [3.8, 4) is 5.75 Å². The van der Waals surface area contributed by atoms with Crippen LogP contribution in [0.15, 0.2) is 18.2 Å². The van der Waals surface area contributed by atoms with Gasteiger partial charge in [0, 0.05) is 5.54 Å². The Labute approximate surface area is 95.9 Å². The Bertz CT molecular complexity index is 388. The molecule has 0 radical (unpaired) electrons. The Morgan fingerprint density at radius 1 is 1.44 bits per heavy atom. The molecular weight excluding hydrogens is 202 g/mol. The Morgan fingerprint density at radius 3 is 2.88 bits per heavy atom. The van der Waals surface area contributed by atoms with E-state index in [2.05, 4.69) is 0 Å². The maximum atomic E-state index is 9.40. The maximum absolute atomic E-state index is 9.40. The van der Waals surface area contributed by atoms with Gasteiger partial charge in [-0.25, -0.2) is 0 Å². The zero-order valence-electron chi connectivity index (χ0n) is 9.61. The van der Waals surface area contributed by atoms with Crippen molar-refractivity contribution in [2.24, 2.45) is 11.7 Å². The maximum Gasteiger partial charge on any atom is 0.115 e. The highest BCUT2D eigenvalue weighted by Crippen LogP contribution is 2.32. The van der Waals surface area contributed by atoms with Gasteiger partial charge in [-0.05, 0) is 55.4 Å². The minimum Gasteiger partial charge on any atom is -0.508 e. The molecule has 4 N–H and O–H groups in total. The molecule has 2 rings (SSSR count). The summed E-state index contributed by atoms with van der Waals surface area (Å²) in [5.41, 5.74) is 8.04. The number of aromatic hydroxyl groups is 1. The van der Waals surface area contributed by atoms with Crippen LogP contribution in [-0.4, -0.2) is 22.4 Å². The molecule has 0 fully saturated rings. The fourth-order valence-electron chi connectivity index (χ4n) is 2.43. The summed E-state index contributed by atoms with van der Waals surface area (Å²) in [6.07, 6.45) is 2.80. The molecule has 1 aliphatic rings. The molecule has 2 atom stereocenters. The standard InChI is InChI=1S/C13H19NO2/c1-13(14,8-15)11-4-2-10-7-12(16)5-3-9(10)6-11/h3,5,7,11,15-16H,2,4,6,8,14H2,1H3/t11-,13-/m0/s1. The Kier molecular flexibility index (Phi) is 2.91. The first-order valence-corrected chi connectivity index (χ1v) is 5.73. The molecule has 16 heavy (non-hydrogen) atoms. The summed E-state index contributed by atoms with van der Waals surface area (Å²) < 4.78 is 0. The lowest BCUT2D eigenvalue weighted by Crippen LogP contribution is -2.49. The number of fused-ring (bicyclic) bond motifs is 1. The third-order valence-electron chi connectivity index (χ3n) is 3.69. The number of phenolic OH excluding ortho intramolecular Hbond substituents is 1. The molecule has 0 aromatic heterocycles. The molecule has 1 aromatic carbocycles. The van der Waals surface area contributed by atoms with E-state index in [0.717, 1.165) is 19.3 Å². The number of aryl methyl sites for hydroxylation is 1. The van der Waals surface area contributed by atoms with Crippen molar-refractivity contribution in [1.82, 2.24) is 0 Å². The fourth-order valence-corrected chi connectivity index (χ4v) is 2.43. The normalized spacial score (nSPS) is 23.6. The van der Waals surface area contributed by atoms with Gasteiger partial charge >= 0.3 is 0 Å². The molecule has 3 nitrogen and oxygen atoms in total. The summed E-state index contributed by atoms with van der Waals surface area (Å²) in [5, 5.41) is 18.7. The second-order valence-corrected chi connectivity index (χ2v) is 5.06. The monoisotopic (exact) mass is 221 g/mol. The molecule has 88 valence electrons. The van der Waals surface area contributed by atoms with E-state index < -0.39 is 5.54 Å². The number of nitrogens with two attached hydrogens (primary N) is 1. The summed E-state index contributed by atoms with van der Waals surface area (Å²) in [6, 6.07) is 5.51.